The van der Waals surface area contributed by atoms with Crippen molar-refractivity contribution in [1.29, 1.82) is 0 Å². The maximum Gasteiger partial charge on any atom is 0.241 e. The molecule has 1 aromatic heterocycles. The number of piperidine rings is 1. The molecule has 116 valence electrons. The van der Waals surface area contributed by atoms with Gasteiger partial charge in [-0.05, 0) is 24.5 Å². The zero-order valence-corrected chi connectivity index (χ0v) is 12.5. The number of rotatable bonds is 5. The van der Waals surface area contributed by atoms with Gasteiger partial charge in [-0.15, -0.1) is 10.2 Å². The fourth-order valence-corrected chi connectivity index (χ4v) is 2.85. The van der Waals surface area contributed by atoms with Crippen molar-refractivity contribution in [2.45, 2.75) is 32.4 Å². The zero-order valence-electron chi connectivity index (χ0n) is 12.5. The summed E-state index contributed by atoms with van der Waals surface area (Å²) < 4.78 is 0. The summed E-state index contributed by atoms with van der Waals surface area (Å²) in [6.45, 7) is 3.56. The molecule has 7 heteroatoms. The molecule has 3 N–H and O–H groups in total. The van der Waals surface area contributed by atoms with Gasteiger partial charge in [0.1, 0.15) is 13.1 Å². The number of benzene rings is 1. The number of tetrazole rings is 1. The number of nitrogens with zero attached hydrogens (tertiary/aromatic N) is 4. The van der Waals surface area contributed by atoms with E-state index < -0.39 is 5.91 Å². The van der Waals surface area contributed by atoms with Crippen molar-refractivity contribution in [3.8, 4) is 11.4 Å². The van der Waals surface area contributed by atoms with Crippen LogP contribution in [0.2, 0.25) is 0 Å². The van der Waals surface area contributed by atoms with Gasteiger partial charge < -0.3 is 10.6 Å². The Bertz CT molecular complexity index is 630. The Balaban J connectivity index is 1.65. The van der Waals surface area contributed by atoms with Crippen LogP contribution in [-0.2, 0) is 17.9 Å². The maximum atomic E-state index is 10.8. The van der Waals surface area contributed by atoms with E-state index >= 15 is 0 Å². The predicted molar refractivity (Wildman–Crippen MR) is 80.7 cm³/mol. The van der Waals surface area contributed by atoms with Crippen LogP contribution in [0.25, 0.3) is 11.4 Å². The minimum Gasteiger partial charge on any atom is -0.368 e. The van der Waals surface area contributed by atoms with Crippen molar-refractivity contribution < 1.29 is 9.69 Å². The van der Waals surface area contributed by atoms with Crippen LogP contribution in [0.5, 0.6) is 0 Å². The molecule has 0 saturated carbocycles. The molecule has 0 aliphatic carbocycles. The van der Waals surface area contributed by atoms with Gasteiger partial charge in [-0.3, -0.25) is 4.79 Å². The van der Waals surface area contributed by atoms with E-state index in [2.05, 4.69) is 27.5 Å². The van der Waals surface area contributed by atoms with Crippen molar-refractivity contribution in [2.75, 3.05) is 13.1 Å². The van der Waals surface area contributed by atoms with Crippen molar-refractivity contribution >= 4 is 5.91 Å². The van der Waals surface area contributed by atoms with Gasteiger partial charge in [0, 0.05) is 11.1 Å². The number of primary amides is 1. The SMILES string of the molecule is NC(=O)Cn1nnc(-c2ccc(C[NH+]3CCCCC3)cc2)n1. The van der Waals surface area contributed by atoms with Gasteiger partial charge in [0.05, 0.1) is 13.1 Å². The molecule has 1 aliphatic rings. The number of amides is 1. The average molecular weight is 301 g/mol. The summed E-state index contributed by atoms with van der Waals surface area (Å²) in [7, 11) is 0. The van der Waals surface area contributed by atoms with Gasteiger partial charge in [-0.25, -0.2) is 0 Å². The molecule has 2 heterocycles. The molecular weight excluding hydrogens is 280 g/mol. The Morgan fingerprint density at radius 2 is 1.91 bits per heavy atom. The van der Waals surface area contributed by atoms with Crippen LogP contribution in [-0.4, -0.2) is 39.2 Å². The van der Waals surface area contributed by atoms with Crippen molar-refractivity contribution in [2.24, 2.45) is 5.73 Å². The van der Waals surface area contributed by atoms with Crippen molar-refractivity contribution in [1.82, 2.24) is 20.2 Å². The Morgan fingerprint density at radius 1 is 1.18 bits per heavy atom. The standard InChI is InChI=1S/C15H20N6O/c16-14(22)11-21-18-15(17-19-21)13-6-4-12(5-7-13)10-20-8-2-1-3-9-20/h4-7H,1-3,8-11H2,(H2,16,22)/p+1. The van der Waals surface area contributed by atoms with E-state index in [0.29, 0.717) is 5.82 Å². The van der Waals surface area contributed by atoms with Gasteiger partial charge >= 0.3 is 0 Å². The van der Waals surface area contributed by atoms with Gasteiger partial charge in [0.25, 0.3) is 0 Å². The van der Waals surface area contributed by atoms with Crippen LogP contribution < -0.4 is 10.6 Å². The van der Waals surface area contributed by atoms with Gasteiger partial charge in [0.15, 0.2) is 0 Å². The highest BCUT2D eigenvalue weighted by Gasteiger charge is 2.14. The molecule has 0 unspecified atom stereocenters. The van der Waals surface area contributed by atoms with Crippen LogP contribution >= 0.6 is 0 Å². The smallest absolute Gasteiger partial charge is 0.241 e. The fraction of sp³-hybridized carbons (Fsp3) is 0.467. The highest BCUT2D eigenvalue weighted by molar-refractivity contribution is 5.73. The molecule has 0 atom stereocenters. The summed E-state index contributed by atoms with van der Waals surface area (Å²) in [6, 6.07) is 8.24. The molecule has 7 nitrogen and oxygen atoms in total. The third kappa shape index (κ3) is 3.67. The van der Waals surface area contributed by atoms with Crippen LogP contribution in [0.1, 0.15) is 24.8 Å². The first-order chi connectivity index (χ1) is 10.7. The number of aromatic nitrogens is 4. The first kappa shape index (κ1) is 14.6. The average Bonchev–Trinajstić information content (AvgIpc) is 2.97. The molecule has 22 heavy (non-hydrogen) atoms. The van der Waals surface area contributed by atoms with Crippen LogP contribution in [0, 0.1) is 0 Å². The lowest BCUT2D eigenvalue weighted by atomic mass is 10.1. The summed E-state index contributed by atoms with van der Waals surface area (Å²) in [5.41, 5.74) is 7.33. The van der Waals surface area contributed by atoms with Crippen molar-refractivity contribution in [3.63, 3.8) is 0 Å². The quantitative estimate of drug-likeness (QED) is 0.771. The number of carbonyl (C=O) groups is 1. The summed E-state index contributed by atoms with van der Waals surface area (Å²) in [6.07, 6.45) is 4.04. The summed E-state index contributed by atoms with van der Waals surface area (Å²) in [4.78, 5) is 13.7. The molecule has 2 aromatic rings. The second-order valence-corrected chi connectivity index (χ2v) is 5.79. The van der Waals surface area contributed by atoms with E-state index in [0.717, 1.165) is 12.1 Å². The third-order valence-corrected chi connectivity index (χ3v) is 3.98. The number of hydrogen-bond acceptors (Lipinski definition) is 4. The van der Waals surface area contributed by atoms with Crippen LogP contribution in [0.3, 0.4) is 0 Å². The van der Waals surface area contributed by atoms with E-state index in [-0.39, 0.29) is 6.54 Å². The molecule has 1 aliphatic heterocycles. The molecule has 1 amide bonds. The number of carbonyl (C=O) groups excluding carboxylic acids is 1. The third-order valence-electron chi connectivity index (χ3n) is 3.98. The molecular formula is C15H21N6O+. The van der Waals surface area contributed by atoms with E-state index in [1.54, 1.807) is 4.90 Å². The van der Waals surface area contributed by atoms with Crippen LogP contribution in [0.4, 0.5) is 0 Å². The second kappa shape index (κ2) is 6.65. The number of nitrogens with two attached hydrogens (primary N) is 1. The van der Waals surface area contributed by atoms with Gasteiger partial charge in [-0.1, -0.05) is 24.3 Å². The van der Waals surface area contributed by atoms with Crippen LogP contribution in [0.15, 0.2) is 24.3 Å². The van der Waals surface area contributed by atoms with Gasteiger partial charge in [0.2, 0.25) is 11.7 Å². The van der Waals surface area contributed by atoms with E-state index in [9.17, 15) is 4.79 Å². The normalized spacial score (nSPS) is 15.8. The predicted octanol–water partition coefficient (Wildman–Crippen LogP) is -0.606. The monoisotopic (exact) mass is 301 g/mol. The Hall–Kier alpha value is -2.28. The molecule has 3 rings (SSSR count). The number of hydrogen-bond donors (Lipinski definition) is 2. The van der Waals surface area contributed by atoms with E-state index in [1.165, 1.54) is 42.7 Å². The van der Waals surface area contributed by atoms with E-state index in [4.69, 9.17) is 5.73 Å². The first-order valence-electron chi connectivity index (χ1n) is 7.70. The molecule has 1 fully saturated rings. The summed E-state index contributed by atoms with van der Waals surface area (Å²) in [5, 5.41) is 11.9. The largest absolute Gasteiger partial charge is 0.368 e. The highest BCUT2D eigenvalue weighted by atomic mass is 16.1. The lowest BCUT2D eigenvalue weighted by Crippen LogP contribution is -3.11. The Kier molecular flexibility index (Phi) is 4.43. The molecule has 0 spiro atoms. The molecule has 0 radical (unpaired) electrons. The minimum atomic E-state index is -0.483. The molecule has 1 saturated heterocycles. The van der Waals surface area contributed by atoms with Gasteiger partial charge in [-0.2, -0.15) is 4.80 Å². The Morgan fingerprint density at radius 3 is 2.59 bits per heavy atom. The Labute approximate surface area is 129 Å². The fourth-order valence-electron chi connectivity index (χ4n) is 2.85. The first-order valence-corrected chi connectivity index (χ1v) is 7.70. The lowest BCUT2D eigenvalue weighted by Gasteiger charge is -2.23. The number of nitrogens with one attached hydrogen (secondary N) is 1. The van der Waals surface area contributed by atoms with E-state index in [1.807, 2.05) is 12.1 Å². The zero-order chi connectivity index (χ0) is 15.4. The topological polar surface area (TPSA) is 91.1 Å². The number of quaternary nitrogens is 1. The summed E-state index contributed by atoms with van der Waals surface area (Å²) in [5.74, 6) is 0.0296. The molecule has 1 aromatic carbocycles. The molecule has 0 bridgehead atoms. The second-order valence-electron chi connectivity index (χ2n) is 5.79. The maximum absolute atomic E-state index is 10.8. The summed E-state index contributed by atoms with van der Waals surface area (Å²) >= 11 is 0. The minimum absolute atomic E-state index is 0.0522. The lowest BCUT2D eigenvalue weighted by molar-refractivity contribution is -0.918. The number of likely N-dealkylation sites (tertiary alicyclic amines) is 1. The highest BCUT2D eigenvalue weighted by Crippen LogP contribution is 2.14. The van der Waals surface area contributed by atoms with Crippen molar-refractivity contribution in [3.05, 3.63) is 29.8 Å².